The number of aromatic nitrogens is 1. The third kappa shape index (κ3) is 3.23. The second-order valence-electron chi connectivity index (χ2n) is 10.7. The predicted octanol–water partition coefficient (Wildman–Crippen LogP) is 10.5. The Labute approximate surface area is 249 Å². The van der Waals surface area contributed by atoms with Crippen LogP contribution in [0.3, 0.4) is 0 Å². The van der Waals surface area contributed by atoms with Gasteiger partial charge in [-0.1, -0.05) is 72.8 Å². The van der Waals surface area contributed by atoms with Crippen molar-refractivity contribution in [2.75, 3.05) is 0 Å². The molecule has 0 saturated heterocycles. The molecular formula is C38H19N3OS. The molecule has 5 heteroatoms. The fourth-order valence-corrected chi connectivity index (χ4v) is 7.81. The molecule has 4 nitrogen and oxygen atoms in total. The summed E-state index contributed by atoms with van der Waals surface area (Å²) in [5, 5.41) is 26.3. The molecule has 3 heterocycles. The number of para-hydroxylation sites is 2. The lowest BCUT2D eigenvalue weighted by molar-refractivity contribution is 0.665. The highest BCUT2D eigenvalue weighted by molar-refractivity contribution is 7.25. The van der Waals surface area contributed by atoms with Gasteiger partial charge in [-0.2, -0.15) is 10.5 Å². The molecule has 0 spiro atoms. The highest BCUT2D eigenvalue weighted by Gasteiger charge is 2.22. The summed E-state index contributed by atoms with van der Waals surface area (Å²) in [6, 6.07) is 43.8. The van der Waals surface area contributed by atoms with E-state index in [0.717, 1.165) is 49.4 Å². The van der Waals surface area contributed by atoms with Gasteiger partial charge in [0.15, 0.2) is 11.2 Å². The Morgan fingerprint density at radius 2 is 1.30 bits per heavy atom. The highest BCUT2D eigenvalue weighted by Crippen LogP contribution is 2.46. The fourth-order valence-electron chi connectivity index (χ4n) is 6.67. The lowest BCUT2D eigenvalue weighted by Crippen LogP contribution is -1.94. The molecule has 0 N–H and O–H groups in total. The number of thiophene rings is 1. The summed E-state index contributed by atoms with van der Waals surface area (Å²) in [5.41, 5.74) is 7.35. The molecule has 0 aliphatic carbocycles. The van der Waals surface area contributed by atoms with Crippen LogP contribution in [0.5, 0.6) is 0 Å². The van der Waals surface area contributed by atoms with Gasteiger partial charge in [0, 0.05) is 41.7 Å². The number of hydrogen-bond donors (Lipinski definition) is 0. The molecule has 43 heavy (non-hydrogen) atoms. The SMILES string of the molecule is N#Cc1ccc2c3ccccc3n(-c3cccc4c3oc3c(C#N)ccc(-c5cccc6sc7ccccc7c56)c34)c2c1. The Morgan fingerprint density at radius 1 is 0.558 bits per heavy atom. The van der Waals surface area contributed by atoms with Crippen LogP contribution in [-0.2, 0) is 0 Å². The van der Waals surface area contributed by atoms with Crippen LogP contribution in [0, 0.1) is 22.7 Å². The minimum atomic E-state index is 0.497. The molecule has 0 saturated carbocycles. The monoisotopic (exact) mass is 565 g/mol. The van der Waals surface area contributed by atoms with Crippen molar-refractivity contribution in [3.63, 3.8) is 0 Å². The van der Waals surface area contributed by atoms with Crippen LogP contribution in [0.2, 0.25) is 0 Å². The summed E-state index contributed by atoms with van der Waals surface area (Å²) < 4.78 is 11.4. The summed E-state index contributed by atoms with van der Waals surface area (Å²) in [4.78, 5) is 0. The topological polar surface area (TPSA) is 65.7 Å². The molecule has 0 aliphatic rings. The molecule has 3 aromatic heterocycles. The number of benzene rings is 6. The van der Waals surface area contributed by atoms with Crippen molar-refractivity contribution in [2.24, 2.45) is 0 Å². The Balaban J connectivity index is 1.43. The van der Waals surface area contributed by atoms with Crippen LogP contribution in [0.4, 0.5) is 0 Å². The molecule has 0 unspecified atom stereocenters. The van der Waals surface area contributed by atoms with E-state index in [1.807, 2.05) is 42.5 Å². The third-order valence-corrected chi connectivity index (χ3v) is 9.62. The summed E-state index contributed by atoms with van der Waals surface area (Å²) in [6.07, 6.45) is 0. The summed E-state index contributed by atoms with van der Waals surface area (Å²) in [7, 11) is 0. The van der Waals surface area contributed by atoms with Gasteiger partial charge in [0.2, 0.25) is 0 Å². The van der Waals surface area contributed by atoms with Crippen LogP contribution in [-0.4, -0.2) is 4.57 Å². The smallest absolute Gasteiger partial charge is 0.159 e. The van der Waals surface area contributed by atoms with E-state index < -0.39 is 0 Å². The molecule has 0 amide bonds. The Bertz CT molecular complexity index is 2710. The van der Waals surface area contributed by atoms with Crippen LogP contribution >= 0.6 is 11.3 Å². The zero-order valence-corrected chi connectivity index (χ0v) is 23.4. The molecule has 0 atom stereocenters. The molecular weight excluding hydrogens is 547 g/mol. The largest absolute Gasteiger partial charge is 0.452 e. The van der Waals surface area contributed by atoms with Gasteiger partial charge in [-0.05, 0) is 53.6 Å². The zero-order valence-electron chi connectivity index (χ0n) is 22.6. The third-order valence-electron chi connectivity index (χ3n) is 8.48. The van der Waals surface area contributed by atoms with Crippen molar-refractivity contribution in [1.29, 1.82) is 10.5 Å². The van der Waals surface area contributed by atoms with Gasteiger partial charge in [-0.3, -0.25) is 0 Å². The average Bonchev–Trinajstić information content (AvgIpc) is 3.74. The van der Waals surface area contributed by atoms with Gasteiger partial charge >= 0.3 is 0 Å². The Hall–Kier alpha value is -5.88. The molecule has 0 bridgehead atoms. The van der Waals surface area contributed by atoms with Crippen molar-refractivity contribution < 1.29 is 4.42 Å². The molecule has 9 rings (SSSR count). The van der Waals surface area contributed by atoms with Gasteiger partial charge in [-0.25, -0.2) is 0 Å². The first-order chi connectivity index (χ1) is 21.2. The van der Waals surface area contributed by atoms with E-state index in [4.69, 9.17) is 4.42 Å². The van der Waals surface area contributed by atoms with E-state index in [2.05, 4.69) is 89.5 Å². The lowest BCUT2D eigenvalue weighted by Gasteiger charge is -2.09. The van der Waals surface area contributed by atoms with Crippen molar-refractivity contribution in [2.45, 2.75) is 0 Å². The van der Waals surface area contributed by atoms with E-state index in [-0.39, 0.29) is 0 Å². The Kier molecular flexibility index (Phi) is 4.87. The number of rotatable bonds is 2. The fraction of sp³-hybridized carbons (Fsp3) is 0. The van der Waals surface area contributed by atoms with E-state index in [0.29, 0.717) is 22.3 Å². The molecule has 0 radical (unpaired) electrons. The van der Waals surface area contributed by atoms with Gasteiger partial charge in [-0.15, -0.1) is 11.3 Å². The first-order valence-electron chi connectivity index (χ1n) is 14.0. The molecule has 198 valence electrons. The second-order valence-corrected chi connectivity index (χ2v) is 11.8. The van der Waals surface area contributed by atoms with Crippen molar-refractivity contribution in [1.82, 2.24) is 4.57 Å². The lowest BCUT2D eigenvalue weighted by atomic mass is 9.94. The van der Waals surface area contributed by atoms with E-state index in [1.54, 1.807) is 11.3 Å². The van der Waals surface area contributed by atoms with Gasteiger partial charge in [0.25, 0.3) is 0 Å². The molecule has 6 aromatic carbocycles. The first kappa shape index (κ1) is 23.8. The standard InChI is InChI=1S/C38H19N3OS/c39-20-22-15-17-25-24-7-1-3-11-30(24)41(32(25)19-22)31-12-5-10-29-36-27(18-16-23(21-40)37(36)42-38(29)31)26-9-6-14-34-35(26)28-8-2-4-13-33(28)43-34/h1-19H. The van der Waals surface area contributed by atoms with Gasteiger partial charge < -0.3 is 8.98 Å². The Morgan fingerprint density at radius 3 is 2.19 bits per heavy atom. The predicted molar refractivity (Wildman–Crippen MR) is 176 cm³/mol. The molecule has 0 aliphatic heterocycles. The molecule has 9 aromatic rings. The van der Waals surface area contributed by atoms with Crippen molar-refractivity contribution in [3.05, 3.63) is 126 Å². The van der Waals surface area contributed by atoms with E-state index >= 15 is 0 Å². The van der Waals surface area contributed by atoms with E-state index in [9.17, 15) is 10.5 Å². The van der Waals surface area contributed by atoms with Crippen LogP contribution in [0.15, 0.2) is 120 Å². The van der Waals surface area contributed by atoms with Gasteiger partial charge in [0.1, 0.15) is 6.07 Å². The minimum absolute atomic E-state index is 0.497. The minimum Gasteiger partial charge on any atom is -0.452 e. The normalized spacial score (nSPS) is 11.7. The zero-order chi connectivity index (χ0) is 28.7. The van der Waals surface area contributed by atoms with Gasteiger partial charge in [0.05, 0.1) is 33.9 Å². The second kappa shape index (κ2) is 8.81. The summed E-state index contributed by atoms with van der Waals surface area (Å²) in [6.45, 7) is 0. The molecule has 0 fully saturated rings. The number of hydrogen-bond acceptors (Lipinski definition) is 4. The highest BCUT2D eigenvalue weighted by atomic mass is 32.1. The van der Waals surface area contributed by atoms with Crippen LogP contribution < -0.4 is 0 Å². The quantitative estimate of drug-likeness (QED) is 0.209. The van der Waals surface area contributed by atoms with Crippen molar-refractivity contribution >= 4 is 75.3 Å². The number of nitrogens with zero attached hydrogens (tertiary/aromatic N) is 3. The number of fused-ring (bicyclic) bond motifs is 9. The van der Waals surface area contributed by atoms with Crippen LogP contribution in [0.25, 0.3) is 80.7 Å². The summed E-state index contributed by atoms with van der Waals surface area (Å²) >= 11 is 1.79. The van der Waals surface area contributed by atoms with Crippen LogP contribution in [0.1, 0.15) is 11.1 Å². The maximum absolute atomic E-state index is 10.2. The number of furan rings is 1. The maximum atomic E-state index is 10.2. The average molecular weight is 566 g/mol. The maximum Gasteiger partial charge on any atom is 0.159 e. The van der Waals surface area contributed by atoms with E-state index in [1.165, 1.54) is 20.2 Å². The van der Waals surface area contributed by atoms with Crippen molar-refractivity contribution in [3.8, 4) is 29.0 Å². The first-order valence-corrected chi connectivity index (χ1v) is 14.8. The summed E-state index contributed by atoms with van der Waals surface area (Å²) in [5.74, 6) is 0. The number of nitriles is 2.